The van der Waals surface area contributed by atoms with Crippen molar-refractivity contribution in [2.75, 3.05) is 6.54 Å². The van der Waals surface area contributed by atoms with E-state index in [0.717, 1.165) is 38.5 Å². The molecule has 0 aliphatic rings. The monoisotopic (exact) mass is 285 g/mol. The van der Waals surface area contributed by atoms with E-state index in [1.54, 1.807) is 0 Å². The van der Waals surface area contributed by atoms with Gasteiger partial charge in [0.05, 0.1) is 5.92 Å². The van der Waals surface area contributed by atoms with Crippen LogP contribution in [0.15, 0.2) is 0 Å². The van der Waals surface area contributed by atoms with Crippen LogP contribution in [0.4, 0.5) is 0 Å². The molecule has 0 aromatic carbocycles. The van der Waals surface area contributed by atoms with Gasteiger partial charge in [-0.1, -0.05) is 51.9 Å². The zero-order valence-electron chi connectivity index (χ0n) is 13.1. The third kappa shape index (κ3) is 12.0. The van der Waals surface area contributed by atoms with Gasteiger partial charge < -0.3 is 10.4 Å². The van der Waals surface area contributed by atoms with E-state index in [4.69, 9.17) is 0 Å². The van der Waals surface area contributed by atoms with E-state index in [0.29, 0.717) is 6.54 Å². The van der Waals surface area contributed by atoms with Gasteiger partial charge in [0.2, 0.25) is 5.91 Å². The molecule has 0 radical (unpaired) electrons. The smallest absolute Gasteiger partial charge is 0.306 e. The molecule has 118 valence electrons. The summed E-state index contributed by atoms with van der Waals surface area (Å²) in [5.41, 5.74) is 0. The molecule has 0 aromatic heterocycles. The second-order valence-electron chi connectivity index (χ2n) is 5.57. The van der Waals surface area contributed by atoms with E-state index < -0.39 is 5.97 Å². The van der Waals surface area contributed by atoms with Crippen molar-refractivity contribution in [2.45, 2.75) is 78.1 Å². The molecular weight excluding hydrogens is 254 g/mol. The number of carboxylic acid groups (broad SMARTS) is 1. The van der Waals surface area contributed by atoms with Gasteiger partial charge in [0.25, 0.3) is 0 Å². The van der Waals surface area contributed by atoms with Crippen LogP contribution in [0.2, 0.25) is 0 Å². The minimum absolute atomic E-state index is 0.0214. The van der Waals surface area contributed by atoms with Crippen molar-refractivity contribution in [2.24, 2.45) is 5.92 Å². The minimum Gasteiger partial charge on any atom is -0.481 e. The fourth-order valence-corrected chi connectivity index (χ4v) is 2.34. The Morgan fingerprint density at radius 1 is 0.950 bits per heavy atom. The van der Waals surface area contributed by atoms with Crippen molar-refractivity contribution in [3.8, 4) is 0 Å². The lowest BCUT2D eigenvalue weighted by atomic mass is 9.95. The quantitative estimate of drug-likeness (QED) is 0.506. The van der Waals surface area contributed by atoms with Gasteiger partial charge in [-0.3, -0.25) is 9.59 Å². The lowest BCUT2D eigenvalue weighted by Crippen LogP contribution is -2.21. The Morgan fingerprint density at radius 3 is 2.05 bits per heavy atom. The first-order valence-corrected chi connectivity index (χ1v) is 8.05. The lowest BCUT2D eigenvalue weighted by Gasteiger charge is -2.12. The Kier molecular flexibility index (Phi) is 12.3. The topological polar surface area (TPSA) is 66.4 Å². The molecule has 1 amide bonds. The Bertz CT molecular complexity index is 266. The molecule has 1 atom stereocenters. The highest BCUT2D eigenvalue weighted by Crippen LogP contribution is 2.18. The zero-order chi connectivity index (χ0) is 15.2. The summed E-state index contributed by atoms with van der Waals surface area (Å²) < 4.78 is 0. The lowest BCUT2D eigenvalue weighted by molar-refractivity contribution is -0.142. The van der Waals surface area contributed by atoms with Crippen LogP contribution in [0.3, 0.4) is 0 Å². The summed E-state index contributed by atoms with van der Waals surface area (Å²) in [7, 11) is 0. The average Bonchev–Trinajstić information content (AvgIpc) is 2.39. The molecule has 0 saturated carbocycles. The van der Waals surface area contributed by atoms with E-state index in [2.05, 4.69) is 12.2 Å². The minimum atomic E-state index is -0.668. The zero-order valence-corrected chi connectivity index (χ0v) is 13.1. The molecule has 0 bridgehead atoms. The summed E-state index contributed by atoms with van der Waals surface area (Å²) in [6.45, 7) is 4.35. The van der Waals surface area contributed by atoms with E-state index in [-0.39, 0.29) is 11.8 Å². The van der Waals surface area contributed by atoms with Gasteiger partial charge >= 0.3 is 5.97 Å². The molecule has 0 aliphatic carbocycles. The van der Waals surface area contributed by atoms with E-state index >= 15 is 0 Å². The van der Waals surface area contributed by atoms with Gasteiger partial charge in [-0.2, -0.15) is 0 Å². The highest BCUT2D eigenvalue weighted by atomic mass is 16.4. The van der Waals surface area contributed by atoms with Crippen LogP contribution in [0.5, 0.6) is 0 Å². The van der Waals surface area contributed by atoms with Crippen molar-refractivity contribution in [1.82, 2.24) is 5.32 Å². The second-order valence-corrected chi connectivity index (χ2v) is 5.57. The second kappa shape index (κ2) is 12.9. The van der Waals surface area contributed by atoms with Crippen molar-refractivity contribution in [1.29, 1.82) is 0 Å². The number of hydrogen-bond acceptors (Lipinski definition) is 2. The Morgan fingerprint density at radius 2 is 1.50 bits per heavy atom. The molecule has 0 rings (SSSR count). The van der Waals surface area contributed by atoms with Crippen LogP contribution in [-0.2, 0) is 9.59 Å². The summed E-state index contributed by atoms with van der Waals surface area (Å²) in [5.74, 6) is -0.900. The van der Waals surface area contributed by atoms with E-state index in [9.17, 15) is 14.7 Å². The van der Waals surface area contributed by atoms with Crippen LogP contribution in [0.25, 0.3) is 0 Å². The van der Waals surface area contributed by atoms with Gasteiger partial charge in [0.1, 0.15) is 0 Å². The number of hydrogen-bond donors (Lipinski definition) is 2. The van der Waals surface area contributed by atoms with E-state index in [1.165, 1.54) is 32.6 Å². The number of aliphatic carboxylic acids is 1. The summed E-state index contributed by atoms with van der Waals surface area (Å²) in [6, 6.07) is 0. The highest BCUT2D eigenvalue weighted by molar-refractivity contribution is 5.72. The first kappa shape index (κ1) is 18.9. The van der Waals surface area contributed by atoms with Gasteiger partial charge in [-0.25, -0.2) is 0 Å². The maximum Gasteiger partial charge on any atom is 0.306 e. The molecule has 4 nitrogen and oxygen atoms in total. The largest absolute Gasteiger partial charge is 0.481 e. The predicted molar refractivity (Wildman–Crippen MR) is 81.7 cm³/mol. The van der Waals surface area contributed by atoms with Crippen LogP contribution < -0.4 is 5.32 Å². The fourth-order valence-electron chi connectivity index (χ4n) is 2.34. The first-order chi connectivity index (χ1) is 9.57. The number of carbonyl (C=O) groups excluding carboxylic acids is 1. The summed E-state index contributed by atoms with van der Waals surface area (Å²) >= 11 is 0. The molecule has 0 aliphatic heterocycles. The molecule has 4 heteroatoms. The van der Waals surface area contributed by atoms with Crippen molar-refractivity contribution in [3.63, 3.8) is 0 Å². The maximum atomic E-state index is 11.2. The van der Waals surface area contributed by atoms with Gasteiger partial charge in [0, 0.05) is 13.5 Å². The molecule has 0 spiro atoms. The van der Waals surface area contributed by atoms with Gasteiger partial charge in [-0.05, 0) is 19.3 Å². The predicted octanol–water partition coefficient (Wildman–Crippen LogP) is 3.74. The molecule has 1 unspecified atom stereocenters. The Labute approximate surface area is 123 Å². The molecule has 20 heavy (non-hydrogen) atoms. The molecule has 0 heterocycles. The van der Waals surface area contributed by atoms with Crippen LogP contribution >= 0.6 is 0 Å². The standard InChI is InChI=1S/C16H31NO3/c1-3-4-5-6-7-8-11-15(16(19)20)12-9-10-13-17-14(2)18/h15H,3-13H2,1-2H3,(H,17,18)(H,19,20). The SMILES string of the molecule is CCCCCCCCC(CCCCNC(C)=O)C(=O)O. The Balaban J connectivity index is 3.61. The number of nitrogens with one attached hydrogen (secondary N) is 1. The molecule has 2 N–H and O–H groups in total. The van der Waals surface area contributed by atoms with Crippen LogP contribution in [0.1, 0.15) is 78.1 Å². The van der Waals surface area contributed by atoms with Crippen LogP contribution in [0, 0.1) is 5.92 Å². The molecular formula is C16H31NO3. The fraction of sp³-hybridized carbons (Fsp3) is 0.875. The maximum absolute atomic E-state index is 11.2. The number of amides is 1. The van der Waals surface area contributed by atoms with Crippen molar-refractivity contribution < 1.29 is 14.7 Å². The van der Waals surface area contributed by atoms with Crippen LogP contribution in [-0.4, -0.2) is 23.5 Å². The average molecular weight is 285 g/mol. The number of carboxylic acids is 1. The third-order valence-electron chi connectivity index (χ3n) is 3.61. The Hall–Kier alpha value is -1.06. The van der Waals surface area contributed by atoms with Gasteiger partial charge in [-0.15, -0.1) is 0 Å². The molecule has 0 fully saturated rings. The summed E-state index contributed by atoms with van der Waals surface area (Å²) in [4.78, 5) is 21.9. The number of unbranched alkanes of at least 4 members (excludes halogenated alkanes) is 6. The van der Waals surface area contributed by atoms with Crippen molar-refractivity contribution >= 4 is 11.9 Å². The highest BCUT2D eigenvalue weighted by Gasteiger charge is 2.16. The number of carbonyl (C=O) groups is 2. The summed E-state index contributed by atoms with van der Waals surface area (Å²) in [5, 5.41) is 11.9. The molecule has 0 saturated heterocycles. The first-order valence-electron chi connectivity index (χ1n) is 8.05. The molecule has 0 aromatic rings. The summed E-state index contributed by atoms with van der Waals surface area (Å²) in [6.07, 6.45) is 10.4. The normalized spacial score (nSPS) is 12.1. The van der Waals surface area contributed by atoms with Crippen molar-refractivity contribution in [3.05, 3.63) is 0 Å². The number of rotatable bonds is 13. The van der Waals surface area contributed by atoms with E-state index in [1.807, 2.05) is 0 Å². The van der Waals surface area contributed by atoms with Gasteiger partial charge in [0.15, 0.2) is 0 Å². The third-order valence-corrected chi connectivity index (χ3v) is 3.61.